The standard InChI is InChI=1S/C13H12N4/c1-9(10-5-3-2-4-6-10)11-7-14-12-13(17-11)16-8-15-12/h2-9H,1H3,(H,14,15,16,17)/p+1. The van der Waals surface area contributed by atoms with Crippen LogP contribution in [0.2, 0.25) is 0 Å². The van der Waals surface area contributed by atoms with Crippen LogP contribution in [-0.4, -0.2) is 15.0 Å². The Morgan fingerprint density at radius 3 is 2.88 bits per heavy atom. The molecular weight excluding hydrogens is 212 g/mol. The van der Waals surface area contributed by atoms with Crippen LogP contribution >= 0.6 is 0 Å². The zero-order chi connectivity index (χ0) is 11.7. The average Bonchev–Trinajstić information content (AvgIpc) is 2.86. The molecule has 4 heteroatoms. The van der Waals surface area contributed by atoms with Crippen LogP contribution in [0, 0.1) is 0 Å². The van der Waals surface area contributed by atoms with E-state index in [-0.39, 0.29) is 5.92 Å². The normalized spacial score (nSPS) is 12.8. The summed E-state index contributed by atoms with van der Waals surface area (Å²) >= 11 is 0. The van der Waals surface area contributed by atoms with Gasteiger partial charge in [-0.1, -0.05) is 37.3 Å². The zero-order valence-corrected chi connectivity index (χ0v) is 9.51. The molecule has 0 radical (unpaired) electrons. The van der Waals surface area contributed by atoms with Gasteiger partial charge in [0, 0.05) is 5.92 Å². The lowest BCUT2D eigenvalue weighted by molar-refractivity contribution is -0.347. The smallest absolute Gasteiger partial charge is 0.258 e. The van der Waals surface area contributed by atoms with E-state index in [0.717, 1.165) is 17.0 Å². The lowest BCUT2D eigenvalue weighted by Gasteiger charge is -2.08. The summed E-state index contributed by atoms with van der Waals surface area (Å²) in [6.45, 7) is 2.14. The Hall–Kier alpha value is -2.23. The highest BCUT2D eigenvalue weighted by atomic mass is 15.0. The first-order valence-electron chi connectivity index (χ1n) is 5.61. The molecule has 2 aromatic heterocycles. The van der Waals surface area contributed by atoms with Gasteiger partial charge >= 0.3 is 5.65 Å². The summed E-state index contributed by atoms with van der Waals surface area (Å²) in [5.41, 5.74) is 3.80. The van der Waals surface area contributed by atoms with Crippen molar-refractivity contribution in [2.75, 3.05) is 0 Å². The molecule has 0 bridgehead atoms. The highest BCUT2D eigenvalue weighted by Crippen LogP contribution is 2.21. The molecule has 0 fully saturated rings. The van der Waals surface area contributed by atoms with E-state index in [9.17, 15) is 0 Å². The molecule has 4 nitrogen and oxygen atoms in total. The second-order valence-electron chi connectivity index (χ2n) is 4.06. The fourth-order valence-corrected chi connectivity index (χ4v) is 1.90. The summed E-state index contributed by atoms with van der Waals surface area (Å²) in [7, 11) is 0. The number of nitrogens with one attached hydrogen (secondary N) is 2. The molecule has 1 unspecified atom stereocenters. The Morgan fingerprint density at radius 1 is 1.24 bits per heavy atom. The molecule has 84 valence electrons. The second kappa shape index (κ2) is 3.97. The van der Waals surface area contributed by atoms with Crippen molar-refractivity contribution in [2.24, 2.45) is 0 Å². The molecule has 2 N–H and O–H groups in total. The minimum absolute atomic E-state index is 0.247. The lowest BCUT2D eigenvalue weighted by Crippen LogP contribution is -2.03. The van der Waals surface area contributed by atoms with E-state index in [1.165, 1.54) is 5.56 Å². The molecule has 0 aliphatic carbocycles. The number of benzene rings is 1. The summed E-state index contributed by atoms with van der Waals surface area (Å²) in [6, 6.07) is 10.3. The van der Waals surface area contributed by atoms with Gasteiger partial charge in [0.15, 0.2) is 6.33 Å². The molecule has 17 heavy (non-hydrogen) atoms. The van der Waals surface area contributed by atoms with Gasteiger partial charge < -0.3 is 0 Å². The van der Waals surface area contributed by atoms with Crippen molar-refractivity contribution in [1.29, 1.82) is 0 Å². The number of rotatable bonds is 2. The Labute approximate surface area is 98.8 Å². The summed E-state index contributed by atoms with van der Waals surface area (Å²) < 4.78 is 0. The third-order valence-electron chi connectivity index (χ3n) is 2.95. The molecule has 0 aliphatic rings. The lowest BCUT2D eigenvalue weighted by atomic mass is 9.98. The van der Waals surface area contributed by atoms with Crippen molar-refractivity contribution in [1.82, 2.24) is 15.0 Å². The van der Waals surface area contributed by atoms with E-state index in [4.69, 9.17) is 0 Å². The SMILES string of the molecule is CC(c1ccccc1)c1cnc2[nH+]c[nH]c2n1. The van der Waals surface area contributed by atoms with Gasteiger partial charge in [-0.25, -0.2) is 9.97 Å². The van der Waals surface area contributed by atoms with Crippen molar-refractivity contribution in [3.8, 4) is 0 Å². The van der Waals surface area contributed by atoms with Gasteiger partial charge in [0.1, 0.15) is 6.20 Å². The highest BCUT2D eigenvalue weighted by Gasteiger charge is 2.14. The largest absolute Gasteiger partial charge is 0.319 e. The summed E-state index contributed by atoms with van der Waals surface area (Å²) in [4.78, 5) is 14.9. The summed E-state index contributed by atoms with van der Waals surface area (Å²) in [5.74, 6) is 0.247. The molecule has 3 aromatic rings. The predicted octanol–water partition coefficient (Wildman–Crippen LogP) is 1.92. The van der Waals surface area contributed by atoms with Gasteiger partial charge in [-0.2, -0.15) is 0 Å². The number of nitrogens with zero attached hydrogens (tertiary/aromatic N) is 2. The number of fused-ring (bicyclic) bond motifs is 1. The number of hydrogen-bond acceptors (Lipinski definition) is 2. The molecule has 3 rings (SSSR count). The van der Waals surface area contributed by atoms with Crippen LogP contribution in [0.4, 0.5) is 0 Å². The van der Waals surface area contributed by atoms with Crippen molar-refractivity contribution >= 4 is 11.3 Å². The van der Waals surface area contributed by atoms with Crippen LogP contribution in [0.3, 0.4) is 0 Å². The molecule has 0 saturated carbocycles. The minimum Gasteiger partial charge on any atom is -0.258 e. The summed E-state index contributed by atoms with van der Waals surface area (Å²) in [6.07, 6.45) is 3.56. The molecule has 1 atom stereocenters. The number of hydrogen-bond donors (Lipinski definition) is 1. The second-order valence-corrected chi connectivity index (χ2v) is 4.06. The maximum absolute atomic E-state index is 4.56. The van der Waals surface area contributed by atoms with Crippen molar-refractivity contribution in [3.63, 3.8) is 0 Å². The van der Waals surface area contributed by atoms with Gasteiger partial charge in [-0.05, 0) is 5.56 Å². The monoisotopic (exact) mass is 225 g/mol. The number of imidazole rings is 1. The topological polar surface area (TPSA) is 55.7 Å². The van der Waals surface area contributed by atoms with Crippen LogP contribution in [-0.2, 0) is 0 Å². The average molecular weight is 225 g/mol. The van der Waals surface area contributed by atoms with Crippen LogP contribution in [0.25, 0.3) is 11.3 Å². The molecule has 0 amide bonds. The number of aromatic nitrogens is 4. The van der Waals surface area contributed by atoms with Crippen LogP contribution in [0.15, 0.2) is 42.9 Å². The van der Waals surface area contributed by atoms with Crippen LogP contribution < -0.4 is 4.98 Å². The predicted molar refractivity (Wildman–Crippen MR) is 64.4 cm³/mol. The third kappa shape index (κ3) is 1.78. The van der Waals surface area contributed by atoms with E-state index in [0.29, 0.717) is 0 Å². The van der Waals surface area contributed by atoms with E-state index in [1.807, 2.05) is 24.4 Å². The fourth-order valence-electron chi connectivity index (χ4n) is 1.90. The van der Waals surface area contributed by atoms with E-state index >= 15 is 0 Å². The zero-order valence-electron chi connectivity index (χ0n) is 9.51. The Bertz CT molecular complexity index is 630. The Balaban J connectivity index is 2.03. The molecule has 0 aliphatic heterocycles. The van der Waals surface area contributed by atoms with Gasteiger partial charge in [0.05, 0.1) is 5.69 Å². The van der Waals surface area contributed by atoms with Gasteiger partial charge in [-0.15, -0.1) is 4.98 Å². The van der Waals surface area contributed by atoms with Crippen LogP contribution in [0.1, 0.15) is 24.1 Å². The van der Waals surface area contributed by atoms with Gasteiger partial charge in [0.25, 0.3) is 5.65 Å². The first kappa shape index (κ1) is 9.96. The Kier molecular flexibility index (Phi) is 2.33. The van der Waals surface area contributed by atoms with Crippen molar-refractivity contribution < 1.29 is 4.98 Å². The van der Waals surface area contributed by atoms with Gasteiger partial charge in [-0.3, -0.25) is 4.98 Å². The molecule has 0 saturated heterocycles. The van der Waals surface area contributed by atoms with E-state index in [1.54, 1.807) is 6.33 Å². The summed E-state index contributed by atoms with van der Waals surface area (Å²) in [5, 5.41) is 0. The third-order valence-corrected chi connectivity index (χ3v) is 2.95. The fraction of sp³-hybridized carbons (Fsp3) is 0.154. The minimum atomic E-state index is 0.247. The molecule has 0 spiro atoms. The van der Waals surface area contributed by atoms with E-state index in [2.05, 4.69) is 39.0 Å². The molecule has 1 aromatic carbocycles. The highest BCUT2D eigenvalue weighted by molar-refractivity contribution is 5.59. The molecule has 2 heterocycles. The van der Waals surface area contributed by atoms with Crippen molar-refractivity contribution in [3.05, 3.63) is 54.1 Å². The maximum atomic E-state index is 4.56. The van der Waals surface area contributed by atoms with Gasteiger partial charge in [0.2, 0.25) is 0 Å². The molecular formula is C13H13N4+. The van der Waals surface area contributed by atoms with Crippen molar-refractivity contribution in [2.45, 2.75) is 12.8 Å². The quantitative estimate of drug-likeness (QED) is 0.724. The van der Waals surface area contributed by atoms with Crippen LogP contribution in [0.5, 0.6) is 0 Å². The number of aromatic amines is 2. The first-order chi connectivity index (χ1) is 8.34. The Morgan fingerprint density at radius 2 is 2.06 bits per heavy atom. The maximum Gasteiger partial charge on any atom is 0.319 e. The first-order valence-corrected chi connectivity index (χ1v) is 5.61. The number of H-pyrrole nitrogens is 2. The van der Waals surface area contributed by atoms with E-state index < -0.39 is 0 Å².